The molecule has 0 spiro atoms. The molecule has 0 radical (unpaired) electrons. The van der Waals surface area contributed by atoms with Crippen molar-refractivity contribution in [2.24, 2.45) is 0 Å². The maximum atomic E-state index is 12.3. The highest BCUT2D eigenvalue weighted by atomic mass is 16.5. The van der Waals surface area contributed by atoms with Crippen molar-refractivity contribution in [1.29, 1.82) is 0 Å². The second kappa shape index (κ2) is 10.6. The zero-order valence-electron chi connectivity index (χ0n) is 18.5. The lowest BCUT2D eigenvalue weighted by molar-refractivity contribution is -0.141. The fourth-order valence-electron chi connectivity index (χ4n) is 3.73. The topological polar surface area (TPSA) is 92.8 Å². The second-order valence-electron chi connectivity index (χ2n) is 7.91. The predicted octanol–water partition coefficient (Wildman–Crippen LogP) is 3.64. The molecule has 0 aliphatic carbocycles. The van der Waals surface area contributed by atoms with Crippen LogP contribution in [0.3, 0.4) is 0 Å². The molecule has 1 saturated heterocycles. The molecule has 0 bridgehead atoms. The molecule has 7 heteroatoms. The van der Waals surface area contributed by atoms with Gasteiger partial charge in [-0.1, -0.05) is 42.5 Å². The number of ether oxygens (including phenoxy) is 1. The summed E-state index contributed by atoms with van der Waals surface area (Å²) in [5, 5.41) is 2.50. The highest BCUT2D eigenvalue weighted by molar-refractivity contribution is 6.00. The fourth-order valence-corrected chi connectivity index (χ4v) is 3.73. The van der Waals surface area contributed by atoms with Crippen molar-refractivity contribution in [2.75, 3.05) is 24.6 Å². The fraction of sp³-hybridized carbons (Fsp3) is 0.185. The summed E-state index contributed by atoms with van der Waals surface area (Å²) in [4.78, 5) is 50.1. The number of hydrogen-bond acceptors (Lipinski definition) is 5. The van der Waals surface area contributed by atoms with E-state index in [1.165, 1.54) is 0 Å². The summed E-state index contributed by atoms with van der Waals surface area (Å²) in [5.41, 5.74) is 3.57. The number of amides is 2. The van der Waals surface area contributed by atoms with E-state index < -0.39 is 18.5 Å². The first kappa shape index (κ1) is 22.9. The van der Waals surface area contributed by atoms with Gasteiger partial charge < -0.3 is 15.0 Å². The Kier molecular flexibility index (Phi) is 7.13. The number of rotatable bonds is 8. The molecule has 1 fully saturated rings. The van der Waals surface area contributed by atoms with Gasteiger partial charge in [-0.05, 0) is 53.9 Å². The molecule has 1 N–H and O–H groups in total. The number of nitrogens with one attached hydrogen (secondary N) is 1. The summed E-state index contributed by atoms with van der Waals surface area (Å²) in [5.74, 6) is -1.41. The first-order valence-electron chi connectivity index (χ1n) is 11.0. The van der Waals surface area contributed by atoms with E-state index in [0.29, 0.717) is 24.1 Å². The van der Waals surface area contributed by atoms with Gasteiger partial charge in [-0.2, -0.15) is 0 Å². The van der Waals surface area contributed by atoms with E-state index >= 15 is 0 Å². The molecule has 1 aliphatic rings. The highest BCUT2D eigenvalue weighted by Gasteiger charge is 2.21. The summed E-state index contributed by atoms with van der Waals surface area (Å²) in [6.45, 7) is -0.0995. The number of ketones is 1. The van der Waals surface area contributed by atoms with Crippen LogP contribution < -0.4 is 10.2 Å². The van der Waals surface area contributed by atoms with E-state index in [-0.39, 0.29) is 18.2 Å². The molecule has 3 aromatic carbocycles. The van der Waals surface area contributed by atoms with Gasteiger partial charge in [0.25, 0.3) is 5.91 Å². The van der Waals surface area contributed by atoms with Crippen molar-refractivity contribution >= 4 is 29.3 Å². The Morgan fingerprint density at radius 2 is 1.47 bits per heavy atom. The summed E-state index contributed by atoms with van der Waals surface area (Å²) >= 11 is 0. The Balaban J connectivity index is 1.22. The molecule has 0 saturated carbocycles. The van der Waals surface area contributed by atoms with E-state index in [9.17, 15) is 19.2 Å². The molecule has 172 valence electrons. The van der Waals surface area contributed by atoms with Crippen molar-refractivity contribution in [3.63, 3.8) is 0 Å². The summed E-state index contributed by atoms with van der Waals surface area (Å²) in [6.07, 6.45) is 1.36. The third kappa shape index (κ3) is 5.56. The van der Waals surface area contributed by atoms with Gasteiger partial charge in [-0.15, -0.1) is 0 Å². The van der Waals surface area contributed by atoms with Gasteiger partial charge >= 0.3 is 5.97 Å². The Hall–Kier alpha value is -4.26. The molecule has 0 unspecified atom stereocenters. The number of hydrogen-bond donors (Lipinski definition) is 1. The van der Waals surface area contributed by atoms with Crippen molar-refractivity contribution in [2.45, 2.75) is 12.8 Å². The number of carbonyl (C=O) groups excluding carboxylic acids is 4. The Morgan fingerprint density at radius 1 is 0.824 bits per heavy atom. The molecular formula is C27H24N2O5. The minimum Gasteiger partial charge on any atom is -0.456 e. The maximum Gasteiger partial charge on any atom is 0.325 e. The normalized spacial score (nSPS) is 12.9. The van der Waals surface area contributed by atoms with E-state index in [2.05, 4.69) is 5.32 Å². The van der Waals surface area contributed by atoms with Gasteiger partial charge in [0, 0.05) is 29.8 Å². The van der Waals surface area contributed by atoms with Crippen molar-refractivity contribution < 1.29 is 23.9 Å². The average molecular weight is 456 g/mol. The molecule has 3 aromatic rings. The Morgan fingerprint density at radius 3 is 2.12 bits per heavy atom. The second-order valence-corrected chi connectivity index (χ2v) is 7.91. The van der Waals surface area contributed by atoms with E-state index in [1.54, 1.807) is 41.3 Å². The van der Waals surface area contributed by atoms with Gasteiger partial charge in [0.05, 0.1) is 0 Å². The van der Waals surface area contributed by atoms with Crippen LogP contribution in [0.15, 0.2) is 78.9 Å². The van der Waals surface area contributed by atoms with E-state index in [1.807, 2.05) is 42.5 Å². The smallest absolute Gasteiger partial charge is 0.325 e. The lowest BCUT2D eigenvalue weighted by Gasteiger charge is -2.15. The number of carbonyl (C=O) groups is 4. The van der Waals surface area contributed by atoms with Crippen LogP contribution in [0.4, 0.5) is 5.69 Å². The Bertz CT molecular complexity index is 1190. The van der Waals surface area contributed by atoms with Crippen LogP contribution in [0.2, 0.25) is 0 Å². The number of benzene rings is 3. The number of anilines is 1. The summed E-state index contributed by atoms with van der Waals surface area (Å²) < 4.78 is 5.00. The number of nitrogens with zero attached hydrogens (tertiary/aromatic N) is 1. The van der Waals surface area contributed by atoms with Crippen molar-refractivity contribution in [1.82, 2.24) is 5.32 Å². The number of Topliss-reactive ketones (excluding diaryl/α,β-unsaturated/α-hetero) is 1. The van der Waals surface area contributed by atoms with Crippen LogP contribution in [0.5, 0.6) is 0 Å². The largest absolute Gasteiger partial charge is 0.456 e. The highest BCUT2D eigenvalue weighted by Crippen LogP contribution is 2.22. The van der Waals surface area contributed by atoms with Crippen molar-refractivity contribution in [3.05, 3.63) is 90.0 Å². The lowest BCUT2D eigenvalue weighted by Crippen LogP contribution is -2.31. The quantitative estimate of drug-likeness (QED) is 0.413. The van der Waals surface area contributed by atoms with E-state index in [0.717, 1.165) is 23.2 Å². The maximum absolute atomic E-state index is 12.3. The van der Waals surface area contributed by atoms with Gasteiger partial charge in [0.1, 0.15) is 6.54 Å². The first-order valence-corrected chi connectivity index (χ1v) is 11.0. The lowest BCUT2D eigenvalue weighted by atomic mass is 10.0. The molecule has 7 nitrogen and oxygen atoms in total. The molecule has 4 rings (SSSR count). The van der Waals surface area contributed by atoms with Gasteiger partial charge in [-0.25, -0.2) is 0 Å². The number of esters is 1. The van der Waals surface area contributed by atoms with Crippen LogP contribution in [0, 0.1) is 0 Å². The molecule has 2 amide bonds. The molecular weight excluding hydrogens is 432 g/mol. The van der Waals surface area contributed by atoms with Crippen LogP contribution in [-0.4, -0.2) is 43.3 Å². The standard InChI is InChI=1S/C27H24N2O5/c30-24(21-12-14-23(15-13-21)29-16-4-7-25(29)31)18-34-26(32)17-28-27(33)22-10-8-20(9-11-22)19-5-2-1-3-6-19/h1-3,5-6,8-15H,4,7,16-18H2,(H,28,33). The molecule has 0 aromatic heterocycles. The van der Waals surface area contributed by atoms with Crippen molar-refractivity contribution in [3.8, 4) is 11.1 Å². The minimum atomic E-state index is -0.707. The molecule has 34 heavy (non-hydrogen) atoms. The minimum absolute atomic E-state index is 0.0715. The van der Waals surface area contributed by atoms with E-state index in [4.69, 9.17) is 4.74 Å². The summed E-state index contributed by atoms with van der Waals surface area (Å²) in [7, 11) is 0. The SMILES string of the molecule is O=C(CNC(=O)c1ccc(-c2ccccc2)cc1)OCC(=O)c1ccc(N2CCCC2=O)cc1. The van der Waals surface area contributed by atoms with Crippen LogP contribution in [-0.2, 0) is 14.3 Å². The predicted molar refractivity (Wildman–Crippen MR) is 128 cm³/mol. The summed E-state index contributed by atoms with van der Waals surface area (Å²) in [6, 6.07) is 23.5. The zero-order valence-corrected chi connectivity index (χ0v) is 18.5. The molecule has 1 heterocycles. The van der Waals surface area contributed by atoms with Crippen LogP contribution in [0.25, 0.3) is 11.1 Å². The first-order chi connectivity index (χ1) is 16.5. The van der Waals surface area contributed by atoms with Gasteiger partial charge in [0.2, 0.25) is 5.91 Å². The van der Waals surface area contributed by atoms with Gasteiger partial charge in [0.15, 0.2) is 12.4 Å². The van der Waals surface area contributed by atoms with Gasteiger partial charge in [-0.3, -0.25) is 19.2 Å². The third-order valence-electron chi connectivity index (χ3n) is 5.59. The average Bonchev–Trinajstić information content (AvgIpc) is 3.32. The molecule has 0 atom stereocenters. The van der Waals surface area contributed by atoms with Crippen LogP contribution >= 0.6 is 0 Å². The Labute approximate surface area is 197 Å². The van der Waals surface area contributed by atoms with Crippen LogP contribution in [0.1, 0.15) is 33.6 Å². The third-order valence-corrected chi connectivity index (χ3v) is 5.59. The zero-order chi connectivity index (χ0) is 23.9. The molecule has 1 aliphatic heterocycles. The monoisotopic (exact) mass is 456 g/mol.